The number of amides is 1. The highest BCUT2D eigenvalue weighted by Crippen LogP contribution is 2.24. The van der Waals surface area contributed by atoms with E-state index < -0.39 is 5.82 Å². The number of hydrogen-bond acceptors (Lipinski definition) is 2. The molecule has 0 fully saturated rings. The average molecular weight is 304 g/mol. The predicted molar refractivity (Wildman–Crippen MR) is 80.1 cm³/mol. The Bertz CT molecular complexity index is 844. The topological polar surface area (TPSA) is 46.9 Å². The van der Waals surface area contributed by atoms with Crippen molar-refractivity contribution in [1.29, 1.82) is 0 Å². The van der Waals surface area contributed by atoms with Crippen molar-refractivity contribution >= 4 is 34.1 Å². The molecular formula is C15H11ClFN3O. The summed E-state index contributed by atoms with van der Waals surface area (Å²) in [6.45, 7) is 0. The fourth-order valence-electron chi connectivity index (χ4n) is 2.15. The fraction of sp³-hybridized carbons (Fsp3) is 0.0667. The predicted octanol–water partition coefficient (Wildman–Crippen LogP) is 3.62. The van der Waals surface area contributed by atoms with E-state index in [1.807, 2.05) is 24.3 Å². The highest BCUT2D eigenvalue weighted by Gasteiger charge is 2.16. The molecular weight excluding hydrogens is 293 g/mol. The van der Waals surface area contributed by atoms with E-state index in [9.17, 15) is 9.18 Å². The summed E-state index contributed by atoms with van der Waals surface area (Å²) in [5.41, 5.74) is 1.50. The molecule has 6 heteroatoms. The third-order valence-corrected chi connectivity index (χ3v) is 3.46. The molecule has 0 saturated heterocycles. The normalized spacial score (nSPS) is 10.8. The molecule has 3 aromatic rings. The first-order chi connectivity index (χ1) is 10.1. The molecule has 1 aromatic heterocycles. The standard InChI is InChI=1S/C15H11ClFN3O/c1-20-13-5-3-2-4-10(13)14(19-20)15(21)18-12-7-6-9(17)8-11(12)16/h2-8H,1H3,(H,18,21). The van der Waals surface area contributed by atoms with E-state index in [4.69, 9.17) is 11.6 Å². The minimum Gasteiger partial charge on any atom is -0.319 e. The lowest BCUT2D eigenvalue weighted by atomic mass is 10.2. The van der Waals surface area contributed by atoms with Crippen molar-refractivity contribution < 1.29 is 9.18 Å². The number of hydrogen-bond donors (Lipinski definition) is 1. The third-order valence-electron chi connectivity index (χ3n) is 3.15. The number of carbonyl (C=O) groups excluding carboxylic acids is 1. The highest BCUT2D eigenvalue weighted by atomic mass is 35.5. The van der Waals surface area contributed by atoms with Gasteiger partial charge in [-0.2, -0.15) is 5.10 Å². The number of nitrogens with one attached hydrogen (secondary N) is 1. The molecule has 0 bridgehead atoms. The van der Waals surface area contributed by atoms with Crippen molar-refractivity contribution in [2.24, 2.45) is 7.05 Å². The fourth-order valence-corrected chi connectivity index (χ4v) is 2.37. The summed E-state index contributed by atoms with van der Waals surface area (Å²) in [4.78, 5) is 12.3. The Balaban J connectivity index is 1.98. The number of fused-ring (bicyclic) bond motifs is 1. The second-order valence-electron chi connectivity index (χ2n) is 4.57. The van der Waals surface area contributed by atoms with Gasteiger partial charge < -0.3 is 5.32 Å². The van der Waals surface area contributed by atoms with Crippen molar-refractivity contribution in [2.45, 2.75) is 0 Å². The SMILES string of the molecule is Cn1nc(C(=O)Nc2ccc(F)cc2Cl)c2ccccc21. The Labute approximate surface area is 125 Å². The largest absolute Gasteiger partial charge is 0.319 e. The van der Waals surface area contributed by atoms with Crippen LogP contribution in [0.2, 0.25) is 5.02 Å². The minimum atomic E-state index is -0.457. The zero-order valence-corrected chi connectivity index (χ0v) is 11.9. The van der Waals surface area contributed by atoms with Crippen LogP contribution in [0.5, 0.6) is 0 Å². The monoisotopic (exact) mass is 303 g/mol. The van der Waals surface area contributed by atoms with E-state index in [1.54, 1.807) is 11.7 Å². The van der Waals surface area contributed by atoms with Gasteiger partial charge in [-0.1, -0.05) is 29.8 Å². The smallest absolute Gasteiger partial charge is 0.276 e. The molecule has 21 heavy (non-hydrogen) atoms. The Morgan fingerprint density at radius 1 is 1.29 bits per heavy atom. The van der Waals surface area contributed by atoms with Crippen LogP contribution in [-0.2, 0) is 7.05 Å². The second-order valence-corrected chi connectivity index (χ2v) is 4.97. The number of anilines is 1. The summed E-state index contributed by atoms with van der Waals surface area (Å²) < 4.78 is 14.6. The van der Waals surface area contributed by atoms with E-state index in [-0.39, 0.29) is 10.9 Å². The highest BCUT2D eigenvalue weighted by molar-refractivity contribution is 6.34. The molecule has 0 saturated carbocycles. The summed E-state index contributed by atoms with van der Waals surface area (Å²) in [6, 6.07) is 11.2. The third kappa shape index (κ3) is 2.48. The van der Waals surface area contributed by atoms with E-state index in [1.165, 1.54) is 12.1 Å². The maximum Gasteiger partial charge on any atom is 0.276 e. The van der Waals surface area contributed by atoms with Gasteiger partial charge in [0.15, 0.2) is 5.69 Å². The number of para-hydroxylation sites is 1. The lowest BCUT2D eigenvalue weighted by Crippen LogP contribution is -2.13. The first kappa shape index (κ1) is 13.6. The van der Waals surface area contributed by atoms with Crippen molar-refractivity contribution in [2.75, 3.05) is 5.32 Å². The maximum absolute atomic E-state index is 13.0. The van der Waals surface area contributed by atoms with Gasteiger partial charge in [0.05, 0.1) is 16.2 Å². The summed E-state index contributed by atoms with van der Waals surface area (Å²) in [5.74, 6) is -0.846. The quantitative estimate of drug-likeness (QED) is 0.786. The maximum atomic E-state index is 13.0. The second kappa shape index (κ2) is 5.18. The molecule has 0 radical (unpaired) electrons. The molecule has 3 rings (SSSR count). The Hall–Kier alpha value is -2.40. The Kier molecular flexibility index (Phi) is 3.35. The summed E-state index contributed by atoms with van der Waals surface area (Å²) in [6.07, 6.45) is 0. The van der Waals surface area contributed by atoms with Gasteiger partial charge >= 0.3 is 0 Å². The number of rotatable bonds is 2. The van der Waals surface area contributed by atoms with Crippen LogP contribution in [0.15, 0.2) is 42.5 Å². The molecule has 1 amide bonds. The van der Waals surface area contributed by atoms with Gasteiger partial charge in [0.25, 0.3) is 5.91 Å². The molecule has 0 spiro atoms. The molecule has 2 aromatic carbocycles. The van der Waals surface area contributed by atoms with Gasteiger partial charge in [-0.05, 0) is 24.3 Å². The van der Waals surface area contributed by atoms with Crippen LogP contribution in [0, 0.1) is 5.82 Å². The first-order valence-electron chi connectivity index (χ1n) is 6.24. The van der Waals surface area contributed by atoms with Crippen molar-refractivity contribution in [3.8, 4) is 0 Å². The Morgan fingerprint density at radius 2 is 2.05 bits per heavy atom. The van der Waals surface area contributed by atoms with Crippen molar-refractivity contribution in [1.82, 2.24) is 9.78 Å². The first-order valence-corrected chi connectivity index (χ1v) is 6.62. The number of carbonyl (C=O) groups is 1. The number of aryl methyl sites for hydroxylation is 1. The van der Waals surface area contributed by atoms with Gasteiger partial charge in [0, 0.05) is 12.4 Å². The van der Waals surface area contributed by atoms with Gasteiger partial charge in [-0.15, -0.1) is 0 Å². The van der Waals surface area contributed by atoms with Gasteiger partial charge in [-0.25, -0.2) is 4.39 Å². The molecule has 1 N–H and O–H groups in total. The molecule has 4 nitrogen and oxygen atoms in total. The zero-order valence-electron chi connectivity index (χ0n) is 11.1. The molecule has 0 aliphatic carbocycles. The zero-order chi connectivity index (χ0) is 15.0. The lowest BCUT2D eigenvalue weighted by molar-refractivity contribution is 0.102. The van der Waals surface area contributed by atoms with Crippen LogP contribution in [0.4, 0.5) is 10.1 Å². The molecule has 106 valence electrons. The van der Waals surface area contributed by atoms with E-state index in [2.05, 4.69) is 10.4 Å². The van der Waals surface area contributed by atoms with E-state index in [0.29, 0.717) is 11.4 Å². The molecule has 0 aliphatic rings. The molecule has 0 unspecified atom stereocenters. The van der Waals surface area contributed by atoms with Gasteiger partial charge in [0.1, 0.15) is 5.82 Å². The van der Waals surface area contributed by atoms with Crippen LogP contribution < -0.4 is 5.32 Å². The summed E-state index contributed by atoms with van der Waals surface area (Å²) in [7, 11) is 1.77. The van der Waals surface area contributed by atoms with Crippen molar-refractivity contribution in [3.63, 3.8) is 0 Å². The number of aromatic nitrogens is 2. The van der Waals surface area contributed by atoms with Crippen LogP contribution >= 0.6 is 11.6 Å². The van der Waals surface area contributed by atoms with Crippen molar-refractivity contribution in [3.05, 3.63) is 59.0 Å². The van der Waals surface area contributed by atoms with Crippen LogP contribution in [0.1, 0.15) is 10.5 Å². The lowest BCUT2D eigenvalue weighted by Gasteiger charge is -2.05. The minimum absolute atomic E-state index is 0.142. The van der Waals surface area contributed by atoms with E-state index >= 15 is 0 Å². The number of halogens is 2. The Morgan fingerprint density at radius 3 is 2.81 bits per heavy atom. The summed E-state index contributed by atoms with van der Waals surface area (Å²) >= 11 is 5.90. The number of benzene rings is 2. The average Bonchev–Trinajstić information content (AvgIpc) is 2.80. The summed E-state index contributed by atoms with van der Waals surface area (Å²) in [5, 5.41) is 7.75. The van der Waals surface area contributed by atoms with Gasteiger partial charge in [-0.3, -0.25) is 9.48 Å². The van der Waals surface area contributed by atoms with Crippen LogP contribution in [0.3, 0.4) is 0 Å². The molecule has 0 aliphatic heterocycles. The van der Waals surface area contributed by atoms with Crippen LogP contribution in [-0.4, -0.2) is 15.7 Å². The number of nitrogens with zero attached hydrogens (tertiary/aromatic N) is 2. The van der Waals surface area contributed by atoms with E-state index in [0.717, 1.165) is 17.0 Å². The van der Waals surface area contributed by atoms with Gasteiger partial charge in [0.2, 0.25) is 0 Å². The molecule has 0 atom stereocenters. The van der Waals surface area contributed by atoms with Crippen LogP contribution in [0.25, 0.3) is 10.9 Å². The molecule has 1 heterocycles.